The molecular weight excluding hydrogens is 226 g/mol. The Hall–Kier alpha value is -2.62. The number of pyridine rings is 1. The van der Waals surface area contributed by atoms with Gasteiger partial charge in [-0.1, -0.05) is 0 Å². The molecule has 7 heteroatoms. The molecule has 1 aromatic rings. The summed E-state index contributed by atoms with van der Waals surface area (Å²) in [6, 6.07) is 4.20. The molecule has 0 aliphatic carbocycles. The van der Waals surface area contributed by atoms with Crippen LogP contribution in [-0.4, -0.2) is 21.6 Å². The van der Waals surface area contributed by atoms with Gasteiger partial charge in [0.05, 0.1) is 11.5 Å². The van der Waals surface area contributed by atoms with E-state index >= 15 is 0 Å². The fraction of sp³-hybridized carbons (Fsp3) is 0.200. The number of allylic oxidation sites excluding steroid dienone is 1. The van der Waals surface area contributed by atoms with E-state index in [-0.39, 0.29) is 23.6 Å². The van der Waals surface area contributed by atoms with Crippen LogP contribution in [0.5, 0.6) is 0 Å². The zero-order valence-corrected chi connectivity index (χ0v) is 8.95. The normalized spacial score (nSPS) is 11.3. The van der Waals surface area contributed by atoms with E-state index in [0.29, 0.717) is 0 Å². The second kappa shape index (κ2) is 5.46. The predicted molar refractivity (Wildman–Crippen MR) is 57.7 cm³/mol. The van der Waals surface area contributed by atoms with Crippen molar-refractivity contribution in [1.29, 1.82) is 5.26 Å². The van der Waals surface area contributed by atoms with Gasteiger partial charge in [0.25, 0.3) is 11.6 Å². The van der Waals surface area contributed by atoms with Crippen LogP contribution in [0.3, 0.4) is 0 Å². The second-order valence-corrected chi connectivity index (χ2v) is 2.85. The van der Waals surface area contributed by atoms with Crippen molar-refractivity contribution in [3.8, 4) is 6.07 Å². The van der Waals surface area contributed by atoms with Crippen LogP contribution in [0.15, 0.2) is 24.3 Å². The third kappa shape index (κ3) is 2.69. The van der Waals surface area contributed by atoms with Gasteiger partial charge in [-0.15, -0.1) is 0 Å². The molecule has 1 heterocycles. The topological polar surface area (TPSA) is 109 Å². The summed E-state index contributed by atoms with van der Waals surface area (Å²) in [5.74, 6) is -0.670. The van der Waals surface area contributed by atoms with E-state index in [1.807, 2.05) is 0 Å². The largest absolute Gasteiger partial charge is 0.480 e. The van der Waals surface area contributed by atoms with Crippen LogP contribution in [0.2, 0.25) is 0 Å². The summed E-state index contributed by atoms with van der Waals surface area (Å²) in [7, 11) is 0. The smallest absolute Gasteiger partial charge is 0.297 e. The number of ether oxygens (including phenoxy) is 1. The number of nitro groups is 1. The standard InChI is InChI=1S/C10H9N3O4/c1-2-17-10(14)7(6-11)9-8(13(15)16)4-3-5-12-9/h3-5,14H,2H2,1H3/b10-7+. The molecule has 0 aliphatic heterocycles. The molecule has 1 rings (SSSR count). The number of aliphatic hydroxyl groups excluding tert-OH is 1. The van der Waals surface area contributed by atoms with Gasteiger partial charge in [0, 0.05) is 12.3 Å². The van der Waals surface area contributed by atoms with Gasteiger partial charge >= 0.3 is 0 Å². The van der Waals surface area contributed by atoms with Crippen molar-refractivity contribution in [2.75, 3.05) is 6.61 Å². The second-order valence-electron chi connectivity index (χ2n) is 2.85. The van der Waals surface area contributed by atoms with Gasteiger partial charge in [-0.25, -0.2) is 4.98 Å². The number of nitriles is 1. The Balaban J connectivity index is 3.37. The molecule has 1 aromatic heterocycles. The van der Waals surface area contributed by atoms with Gasteiger partial charge in [0.15, 0.2) is 11.3 Å². The SMILES string of the molecule is CCO/C(O)=C(\C#N)c1ncccc1[N+](=O)[O-]. The van der Waals surface area contributed by atoms with E-state index in [1.54, 1.807) is 13.0 Å². The Morgan fingerprint density at radius 2 is 2.47 bits per heavy atom. The molecular formula is C10H9N3O4. The van der Waals surface area contributed by atoms with Crippen molar-refractivity contribution >= 4 is 11.3 Å². The molecule has 0 bridgehead atoms. The molecule has 0 saturated heterocycles. The molecule has 0 fully saturated rings. The molecule has 0 aliphatic rings. The van der Waals surface area contributed by atoms with Crippen LogP contribution in [0, 0.1) is 21.4 Å². The number of hydrogen-bond acceptors (Lipinski definition) is 6. The first kappa shape index (κ1) is 12.4. The van der Waals surface area contributed by atoms with Crippen molar-refractivity contribution in [2.24, 2.45) is 0 Å². The maximum atomic E-state index is 10.7. The van der Waals surface area contributed by atoms with Gasteiger partial charge in [-0.2, -0.15) is 5.26 Å². The van der Waals surface area contributed by atoms with Gasteiger partial charge in [0.2, 0.25) is 0 Å². The molecule has 0 spiro atoms. The fourth-order valence-corrected chi connectivity index (χ4v) is 1.15. The van der Waals surface area contributed by atoms with E-state index in [4.69, 9.17) is 10.00 Å². The molecule has 0 atom stereocenters. The number of aliphatic hydroxyl groups is 1. The summed E-state index contributed by atoms with van der Waals surface area (Å²) in [4.78, 5) is 13.8. The molecule has 1 N–H and O–H groups in total. The highest BCUT2D eigenvalue weighted by atomic mass is 16.6. The van der Waals surface area contributed by atoms with Gasteiger partial charge in [-0.3, -0.25) is 10.1 Å². The lowest BCUT2D eigenvalue weighted by atomic mass is 10.1. The third-order valence-corrected chi connectivity index (χ3v) is 1.83. The summed E-state index contributed by atoms with van der Waals surface area (Å²) in [6.45, 7) is 1.75. The van der Waals surface area contributed by atoms with Crippen LogP contribution in [0.25, 0.3) is 5.57 Å². The Labute approximate surface area is 96.7 Å². The summed E-state index contributed by atoms with van der Waals surface area (Å²) >= 11 is 0. The van der Waals surface area contributed by atoms with E-state index in [1.165, 1.54) is 18.3 Å². The highest BCUT2D eigenvalue weighted by molar-refractivity contribution is 5.79. The van der Waals surface area contributed by atoms with Gasteiger partial charge < -0.3 is 9.84 Å². The van der Waals surface area contributed by atoms with Crippen molar-refractivity contribution in [3.05, 3.63) is 40.1 Å². The van der Waals surface area contributed by atoms with Crippen LogP contribution in [0.4, 0.5) is 5.69 Å². The van der Waals surface area contributed by atoms with Gasteiger partial charge in [0.1, 0.15) is 6.07 Å². The molecule has 0 amide bonds. The van der Waals surface area contributed by atoms with Crippen molar-refractivity contribution < 1.29 is 14.8 Å². The molecule has 7 nitrogen and oxygen atoms in total. The number of nitrogens with zero attached hydrogens (tertiary/aromatic N) is 3. The van der Waals surface area contributed by atoms with E-state index in [9.17, 15) is 15.2 Å². The van der Waals surface area contributed by atoms with Crippen molar-refractivity contribution in [1.82, 2.24) is 4.98 Å². The molecule has 0 unspecified atom stereocenters. The number of aromatic nitrogens is 1. The van der Waals surface area contributed by atoms with Crippen molar-refractivity contribution in [3.63, 3.8) is 0 Å². The van der Waals surface area contributed by atoms with Crippen LogP contribution >= 0.6 is 0 Å². The predicted octanol–water partition coefficient (Wildman–Crippen LogP) is 1.78. The average molecular weight is 235 g/mol. The minimum Gasteiger partial charge on any atom is -0.480 e. The monoisotopic (exact) mass is 235 g/mol. The lowest BCUT2D eigenvalue weighted by Crippen LogP contribution is -2.01. The molecule has 0 radical (unpaired) electrons. The Morgan fingerprint density at radius 3 is 3.00 bits per heavy atom. The summed E-state index contributed by atoms with van der Waals surface area (Å²) in [5.41, 5.74) is -0.944. The molecule has 0 aromatic carbocycles. The van der Waals surface area contributed by atoms with E-state index in [2.05, 4.69) is 4.98 Å². The Kier molecular flexibility index (Phi) is 4.00. The van der Waals surface area contributed by atoms with Crippen LogP contribution < -0.4 is 0 Å². The van der Waals surface area contributed by atoms with E-state index < -0.39 is 10.9 Å². The minimum absolute atomic E-state index is 0.137. The van der Waals surface area contributed by atoms with Crippen molar-refractivity contribution in [2.45, 2.75) is 6.92 Å². The van der Waals surface area contributed by atoms with E-state index in [0.717, 1.165) is 0 Å². The average Bonchev–Trinajstić information content (AvgIpc) is 2.31. The fourth-order valence-electron chi connectivity index (χ4n) is 1.15. The first-order valence-electron chi connectivity index (χ1n) is 4.67. The third-order valence-electron chi connectivity index (χ3n) is 1.83. The Morgan fingerprint density at radius 1 is 1.76 bits per heavy atom. The molecule has 88 valence electrons. The summed E-state index contributed by atoms with van der Waals surface area (Å²) < 4.78 is 4.73. The quantitative estimate of drug-likeness (QED) is 0.368. The highest BCUT2D eigenvalue weighted by Gasteiger charge is 2.22. The number of hydrogen-bond donors (Lipinski definition) is 1. The lowest BCUT2D eigenvalue weighted by Gasteiger charge is -2.04. The maximum Gasteiger partial charge on any atom is 0.297 e. The van der Waals surface area contributed by atoms with Crippen LogP contribution in [0.1, 0.15) is 12.6 Å². The summed E-state index contributed by atoms with van der Waals surface area (Å²) in [5, 5.41) is 29.0. The van der Waals surface area contributed by atoms with Gasteiger partial charge in [-0.05, 0) is 13.0 Å². The zero-order chi connectivity index (χ0) is 12.8. The lowest BCUT2D eigenvalue weighted by molar-refractivity contribution is -0.385. The first-order valence-corrected chi connectivity index (χ1v) is 4.67. The summed E-state index contributed by atoms with van der Waals surface area (Å²) in [6.07, 6.45) is 1.29. The minimum atomic E-state index is -0.682. The first-order chi connectivity index (χ1) is 8.11. The maximum absolute atomic E-state index is 10.7. The zero-order valence-electron chi connectivity index (χ0n) is 8.95. The number of rotatable bonds is 4. The molecule has 17 heavy (non-hydrogen) atoms. The van der Waals surface area contributed by atoms with Crippen LogP contribution in [-0.2, 0) is 4.74 Å². The Bertz CT molecular complexity index is 505. The molecule has 0 saturated carbocycles. The highest BCUT2D eigenvalue weighted by Crippen LogP contribution is 2.24.